The van der Waals surface area contributed by atoms with E-state index < -0.39 is 23.6 Å². The molecule has 3 saturated heterocycles. The second-order valence-electron chi connectivity index (χ2n) is 14.6. The normalized spacial score (nSPS) is 22.4. The summed E-state index contributed by atoms with van der Waals surface area (Å²) in [5.74, 6) is -1.48. The van der Waals surface area contributed by atoms with Gasteiger partial charge in [0.2, 0.25) is 0 Å². The zero-order valence-corrected chi connectivity index (χ0v) is 29.5. The largest absolute Gasteiger partial charge is 0.346 e. The number of benzene rings is 3. The van der Waals surface area contributed by atoms with Crippen LogP contribution in [0.1, 0.15) is 49.8 Å². The number of nitrogens with zero attached hydrogens (tertiary/aromatic N) is 4. The number of likely N-dealkylation sites (tertiary alicyclic amines) is 1. The Morgan fingerprint density at radius 2 is 1.36 bits per heavy atom. The van der Waals surface area contributed by atoms with Gasteiger partial charge in [0.25, 0.3) is 0 Å². The maximum absolute atomic E-state index is 14.2. The summed E-state index contributed by atoms with van der Waals surface area (Å²) in [6.45, 7) is 7.59. The molecule has 264 valence electrons. The molecule has 0 saturated carbocycles. The Bertz CT molecular complexity index is 1600. The molecule has 0 bridgehead atoms. The summed E-state index contributed by atoms with van der Waals surface area (Å²) < 4.78 is 0. The van der Waals surface area contributed by atoms with Gasteiger partial charge in [-0.15, -0.1) is 0 Å². The monoisotopic (exact) mass is 677 g/mol. The molecule has 0 unspecified atom stereocenters. The van der Waals surface area contributed by atoms with Gasteiger partial charge in [0.1, 0.15) is 0 Å². The van der Waals surface area contributed by atoms with Crippen molar-refractivity contribution in [1.29, 1.82) is 0 Å². The molecule has 9 nitrogen and oxygen atoms in total. The standard InChI is InChI=1S/C41H51N5O4/c1-30(2)23-35-26-42-38(47)39(48)45(35)28-34-19-12-21-43(34)27-36(24-32-15-8-4-9-16-32)46-29-37(25-33-17-10-5-11-18-33)44(40(49)41(46)50)22-20-31-13-6-3-7-14-31/h3-11,13-18,30,34-37H,12,19-29H2,1-2H3,(H,42,47)/t34-,35-,36-,37-/m0/s1. The van der Waals surface area contributed by atoms with Crippen molar-refractivity contribution in [3.63, 3.8) is 0 Å². The molecule has 4 amide bonds. The van der Waals surface area contributed by atoms with Crippen molar-refractivity contribution < 1.29 is 19.2 Å². The van der Waals surface area contributed by atoms with Crippen molar-refractivity contribution in [3.8, 4) is 0 Å². The van der Waals surface area contributed by atoms with Crippen LogP contribution >= 0.6 is 0 Å². The zero-order chi connectivity index (χ0) is 35.0. The first-order chi connectivity index (χ1) is 24.3. The summed E-state index contributed by atoms with van der Waals surface area (Å²) in [5, 5.41) is 2.78. The van der Waals surface area contributed by atoms with Gasteiger partial charge >= 0.3 is 23.6 Å². The average molecular weight is 678 g/mol. The molecule has 6 rings (SSSR count). The van der Waals surface area contributed by atoms with E-state index in [1.165, 1.54) is 0 Å². The summed E-state index contributed by atoms with van der Waals surface area (Å²) in [6.07, 6.45) is 4.66. The second-order valence-corrected chi connectivity index (χ2v) is 14.6. The summed E-state index contributed by atoms with van der Waals surface area (Å²) in [4.78, 5) is 61.8. The second kappa shape index (κ2) is 16.5. The van der Waals surface area contributed by atoms with Gasteiger partial charge in [0, 0.05) is 50.8 Å². The number of nitrogens with one attached hydrogen (secondary N) is 1. The third-order valence-electron chi connectivity index (χ3n) is 10.6. The molecule has 0 aliphatic carbocycles. The molecule has 3 aromatic rings. The Kier molecular flexibility index (Phi) is 11.6. The van der Waals surface area contributed by atoms with E-state index in [0.29, 0.717) is 57.9 Å². The fourth-order valence-corrected chi connectivity index (χ4v) is 8.05. The Labute approximate surface area is 296 Å². The number of hydrogen-bond acceptors (Lipinski definition) is 5. The van der Waals surface area contributed by atoms with Gasteiger partial charge in [0.05, 0.1) is 6.04 Å². The van der Waals surface area contributed by atoms with E-state index in [9.17, 15) is 19.2 Å². The Morgan fingerprint density at radius 3 is 2.02 bits per heavy atom. The highest BCUT2D eigenvalue weighted by molar-refractivity contribution is 6.36. The fraction of sp³-hybridized carbons (Fsp3) is 0.463. The molecule has 3 aliphatic heterocycles. The van der Waals surface area contributed by atoms with Crippen LogP contribution in [-0.4, -0.2) is 107 Å². The van der Waals surface area contributed by atoms with Crippen LogP contribution in [0.4, 0.5) is 0 Å². The van der Waals surface area contributed by atoms with Crippen molar-refractivity contribution in [2.45, 2.75) is 76.5 Å². The smallest absolute Gasteiger partial charge is 0.312 e. The maximum atomic E-state index is 14.2. The van der Waals surface area contributed by atoms with Crippen molar-refractivity contribution in [2.75, 3.05) is 39.3 Å². The minimum absolute atomic E-state index is 0.0373. The summed E-state index contributed by atoms with van der Waals surface area (Å²) in [6, 6.07) is 30.1. The minimum atomic E-state index is -0.532. The van der Waals surface area contributed by atoms with E-state index in [1.807, 2.05) is 59.5 Å². The van der Waals surface area contributed by atoms with Gasteiger partial charge < -0.3 is 20.0 Å². The van der Waals surface area contributed by atoms with Crippen molar-refractivity contribution in [2.24, 2.45) is 5.92 Å². The van der Waals surface area contributed by atoms with E-state index in [-0.39, 0.29) is 24.2 Å². The lowest BCUT2D eigenvalue weighted by atomic mass is 9.97. The molecular weight excluding hydrogens is 626 g/mol. The zero-order valence-electron chi connectivity index (χ0n) is 29.5. The van der Waals surface area contributed by atoms with Gasteiger partial charge in [-0.25, -0.2) is 0 Å². The SMILES string of the molecule is CC(C)C[C@H]1CNC(=O)C(=O)N1C[C@@H]1CCCN1C[C@H](Cc1ccccc1)N1C[C@H](Cc2ccccc2)N(CCc2ccccc2)C(=O)C1=O. The van der Waals surface area contributed by atoms with Crippen LogP contribution in [0.3, 0.4) is 0 Å². The van der Waals surface area contributed by atoms with Crippen LogP contribution < -0.4 is 5.32 Å². The quantitative estimate of drug-likeness (QED) is 0.261. The number of carbonyl (C=O) groups excluding carboxylic acids is 4. The van der Waals surface area contributed by atoms with Crippen LogP contribution in [0.2, 0.25) is 0 Å². The highest BCUT2D eigenvalue weighted by Crippen LogP contribution is 2.27. The van der Waals surface area contributed by atoms with E-state index in [2.05, 4.69) is 60.5 Å². The third-order valence-corrected chi connectivity index (χ3v) is 10.6. The van der Waals surface area contributed by atoms with E-state index >= 15 is 0 Å². The van der Waals surface area contributed by atoms with Crippen molar-refractivity contribution >= 4 is 23.6 Å². The average Bonchev–Trinajstić information content (AvgIpc) is 3.56. The van der Waals surface area contributed by atoms with Crippen LogP contribution in [0, 0.1) is 5.92 Å². The van der Waals surface area contributed by atoms with Crippen LogP contribution in [0.15, 0.2) is 91.0 Å². The van der Waals surface area contributed by atoms with Gasteiger partial charge in [-0.3, -0.25) is 24.1 Å². The Morgan fingerprint density at radius 1 is 0.720 bits per heavy atom. The van der Waals surface area contributed by atoms with E-state index in [1.54, 1.807) is 9.80 Å². The summed E-state index contributed by atoms with van der Waals surface area (Å²) >= 11 is 0. The lowest BCUT2D eigenvalue weighted by molar-refractivity contribution is -0.161. The first kappa shape index (κ1) is 35.3. The van der Waals surface area contributed by atoms with E-state index in [4.69, 9.17) is 0 Å². The van der Waals surface area contributed by atoms with Gasteiger partial charge in [0.15, 0.2) is 0 Å². The molecular formula is C41H51N5O4. The van der Waals surface area contributed by atoms with Crippen LogP contribution in [-0.2, 0) is 38.4 Å². The Hall–Kier alpha value is -4.50. The predicted molar refractivity (Wildman–Crippen MR) is 194 cm³/mol. The lowest BCUT2D eigenvalue weighted by Gasteiger charge is -2.45. The number of hydrogen-bond donors (Lipinski definition) is 1. The molecule has 1 N–H and O–H groups in total. The minimum Gasteiger partial charge on any atom is -0.346 e. The first-order valence-electron chi connectivity index (χ1n) is 18.3. The maximum Gasteiger partial charge on any atom is 0.312 e. The van der Waals surface area contributed by atoms with Gasteiger partial charge in [-0.2, -0.15) is 0 Å². The van der Waals surface area contributed by atoms with Crippen molar-refractivity contribution in [3.05, 3.63) is 108 Å². The predicted octanol–water partition coefficient (Wildman–Crippen LogP) is 3.96. The molecule has 3 heterocycles. The van der Waals surface area contributed by atoms with Crippen LogP contribution in [0.5, 0.6) is 0 Å². The van der Waals surface area contributed by atoms with E-state index in [0.717, 1.165) is 42.5 Å². The highest BCUT2D eigenvalue weighted by atomic mass is 16.2. The molecule has 0 aromatic heterocycles. The Balaban J connectivity index is 1.25. The number of carbonyl (C=O) groups is 4. The fourth-order valence-electron chi connectivity index (χ4n) is 8.05. The van der Waals surface area contributed by atoms with Gasteiger partial charge in [-0.1, -0.05) is 105 Å². The highest BCUT2D eigenvalue weighted by Gasteiger charge is 2.43. The molecule has 0 spiro atoms. The molecule has 3 aliphatic rings. The molecule has 3 fully saturated rings. The molecule has 50 heavy (non-hydrogen) atoms. The summed E-state index contributed by atoms with van der Waals surface area (Å²) in [5.41, 5.74) is 3.38. The molecule has 0 radical (unpaired) electrons. The number of piperazine rings is 2. The van der Waals surface area contributed by atoms with Crippen molar-refractivity contribution in [1.82, 2.24) is 24.9 Å². The summed E-state index contributed by atoms with van der Waals surface area (Å²) in [7, 11) is 0. The van der Waals surface area contributed by atoms with Gasteiger partial charge in [-0.05, 0) is 67.7 Å². The topological polar surface area (TPSA) is 93.3 Å². The lowest BCUT2D eigenvalue weighted by Crippen LogP contribution is -2.65. The first-order valence-corrected chi connectivity index (χ1v) is 18.3. The third kappa shape index (κ3) is 8.62. The molecule has 4 atom stereocenters. The molecule has 3 aromatic carbocycles. The molecule has 9 heteroatoms. The number of amides is 4. The number of rotatable bonds is 14. The van der Waals surface area contributed by atoms with Crippen LogP contribution in [0.25, 0.3) is 0 Å².